The Kier molecular flexibility index (Phi) is 8.56. The highest BCUT2D eigenvalue weighted by Gasteiger charge is 2.28. The summed E-state index contributed by atoms with van der Waals surface area (Å²) in [6, 6.07) is 14.3. The van der Waals surface area contributed by atoms with E-state index in [1.807, 2.05) is 24.3 Å². The Bertz CT molecular complexity index is 801. The summed E-state index contributed by atoms with van der Waals surface area (Å²) < 4.78 is 0. The van der Waals surface area contributed by atoms with Crippen molar-refractivity contribution in [3.05, 3.63) is 59.7 Å². The Hall–Kier alpha value is -2.28. The average molecular weight is 411 g/mol. The Balaban J connectivity index is 0.00000182. The molecule has 1 saturated heterocycles. The zero-order valence-corrected chi connectivity index (χ0v) is 16.4. The van der Waals surface area contributed by atoms with E-state index in [1.54, 1.807) is 24.3 Å². The van der Waals surface area contributed by atoms with Crippen molar-refractivity contribution >= 4 is 48.0 Å². The van der Waals surface area contributed by atoms with Crippen LogP contribution in [0.15, 0.2) is 48.5 Å². The minimum Gasteiger partial charge on any atom is -0.399 e. The van der Waals surface area contributed by atoms with E-state index in [9.17, 15) is 9.59 Å². The first-order chi connectivity index (χ1) is 12.0. The first-order valence-corrected chi connectivity index (χ1v) is 8.32. The van der Waals surface area contributed by atoms with Gasteiger partial charge in [-0.1, -0.05) is 18.2 Å². The van der Waals surface area contributed by atoms with Gasteiger partial charge in [0.15, 0.2) is 0 Å². The molecular weight excluding hydrogens is 387 g/mol. The lowest BCUT2D eigenvalue weighted by molar-refractivity contribution is -0.122. The van der Waals surface area contributed by atoms with Crippen LogP contribution in [0.4, 0.5) is 11.4 Å². The average Bonchev–Trinajstić information content (AvgIpc) is 3.03. The fraction of sp³-hybridized carbons (Fsp3) is 0.263. The van der Waals surface area contributed by atoms with Gasteiger partial charge < -0.3 is 16.8 Å². The van der Waals surface area contributed by atoms with E-state index in [1.165, 1.54) is 0 Å². The zero-order valence-electron chi connectivity index (χ0n) is 14.8. The van der Waals surface area contributed by atoms with Gasteiger partial charge in [-0.3, -0.25) is 14.5 Å². The van der Waals surface area contributed by atoms with Crippen LogP contribution in [0.1, 0.15) is 28.8 Å². The third kappa shape index (κ3) is 5.85. The van der Waals surface area contributed by atoms with Crippen LogP contribution in [0.3, 0.4) is 0 Å². The van der Waals surface area contributed by atoms with Crippen molar-refractivity contribution in [2.24, 2.45) is 5.73 Å². The van der Waals surface area contributed by atoms with Gasteiger partial charge in [0.2, 0.25) is 5.91 Å². The number of nitrogens with two attached hydrogens (primary N) is 2. The number of likely N-dealkylation sites (tertiary alicyclic amines) is 1. The van der Waals surface area contributed by atoms with Crippen LogP contribution in [-0.2, 0) is 11.3 Å². The zero-order chi connectivity index (χ0) is 17.8. The number of hydrogen-bond acceptors (Lipinski definition) is 4. The van der Waals surface area contributed by atoms with Gasteiger partial charge in [0.1, 0.15) is 0 Å². The summed E-state index contributed by atoms with van der Waals surface area (Å²) >= 11 is 0. The van der Waals surface area contributed by atoms with Crippen molar-refractivity contribution < 1.29 is 9.59 Å². The van der Waals surface area contributed by atoms with E-state index in [2.05, 4.69) is 10.2 Å². The molecule has 0 aliphatic carbocycles. The molecule has 1 aliphatic rings. The van der Waals surface area contributed by atoms with Gasteiger partial charge in [-0.15, -0.1) is 24.8 Å². The van der Waals surface area contributed by atoms with Crippen LogP contribution in [-0.4, -0.2) is 29.3 Å². The summed E-state index contributed by atoms with van der Waals surface area (Å²) in [5, 5.41) is 2.88. The minimum atomic E-state index is -0.274. The van der Waals surface area contributed by atoms with Crippen molar-refractivity contribution in [1.82, 2.24) is 4.90 Å². The molecule has 0 saturated carbocycles. The van der Waals surface area contributed by atoms with Gasteiger partial charge in [0.25, 0.3) is 5.91 Å². The second-order valence-electron chi connectivity index (χ2n) is 6.31. The summed E-state index contributed by atoms with van der Waals surface area (Å²) in [7, 11) is 0. The maximum absolute atomic E-state index is 12.3. The molecule has 3 rings (SSSR count). The Morgan fingerprint density at radius 3 is 2.56 bits per heavy atom. The van der Waals surface area contributed by atoms with Crippen LogP contribution in [0.25, 0.3) is 0 Å². The van der Waals surface area contributed by atoms with Gasteiger partial charge in [-0.25, -0.2) is 0 Å². The van der Waals surface area contributed by atoms with Crippen molar-refractivity contribution in [2.45, 2.75) is 25.4 Å². The number of benzene rings is 2. The predicted octanol–water partition coefficient (Wildman–Crippen LogP) is 2.81. The monoisotopic (exact) mass is 410 g/mol. The van der Waals surface area contributed by atoms with Crippen molar-refractivity contribution in [3.63, 3.8) is 0 Å². The number of anilines is 2. The van der Waals surface area contributed by atoms with E-state index >= 15 is 0 Å². The Morgan fingerprint density at radius 1 is 1.11 bits per heavy atom. The molecule has 0 bridgehead atoms. The first-order valence-electron chi connectivity index (χ1n) is 8.32. The number of nitrogens with zero attached hydrogens (tertiary/aromatic N) is 1. The van der Waals surface area contributed by atoms with Gasteiger partial charge >= 0.3 is 0 Å². The molecule has 1 heterocycles. The normalized spacial score (nSPS) is 16.1. The van der Waals surface area contributed by atoms with Gasteiger partial charge in [-0.05, 0) is 55.3 Å². The number of halogens is 2. The van der Waals surface area contributed by atoms with Crippen LogP contribution >= 0.6 is 24.8 Å². The number of nitrogen functional groups attached to an aromatic ring is 1. The van der Waals surface area contributed by atoms with Crippen molar-refractivity contribution in [3.8, 4) is 0 Å². The molecule has 27 heavy (non-hydrogen) atoms. The van der Waals surface area contributed by atoms with E-state index in [4.69, 9.17) is 11.5 Å². The van der Waals surface area contributed by atoms with E-state index in [0.29, 0.717) is 23.5 Å². The lowest BCUT2D eigenvalue weighted by Crippen LogP contribution is -2.39. The van der Waals surface area contributed by atoms with E-state index in [-0.39, 0.29) is 42.7 Å². The highest BCUT2D eigenvalue weighted by molar-refractivity contribution is 6.04. The molecule has 0 aromatic heterocycles. The fourth-order valence-corrected chi connectivity index (χ4v) is 3.20. The number of nitrogens with one attached hydrogen (secondary N) is 1. The summed E-state index contributed by atoms with van der Waals surface area (Å²) in [6.07, 6.45) is 1.78. The molecule has 8 heteroatoms. The van der Waals surface area contributed by atoms with Crippen molar-refractivity contribution in [2.75, 3.05) is 17.6 Å². The maximum atomic E-state index is 12.3. The van der Waals surface area contributed by atoms with Crippen molar-refractivity contribution in [1.29, 1.82) is 0 Å². The molecule has 2 aromatic carbocycles. The largest absolute Gasteiger partial charge is 0.399 e. The number of amides is 2. The standard InChI is InChI=1S/C19H22N4O2.2ClH/c20-15-6-2-5-14(11-15)19(25)22-16-7-1-4-13(10-16)12-23-9-3-8-17(23)18(21)24;;/h1-2,4-7,10-11,17H,3,8-9,12,20H2,(H2,21,24)(H,22,25);2*1H. The molecule has 2 amide bonds. The molecule has 0 radical (unpaired) electrons. The Morgan fingerprint density at radius 2 is 1.85 bits per heavy atom. The number of hydrogen-bond donors (Lipinski definition) is 3. The summed E-state index contributed by atoms with van der Waals surface area (Å²) in [6.45, 7) is 1.49. The molecule has 146 valence electrons. The van der Waals surface area contributed by atoms with Gasteiger partial charge in [0, 0.05) is 23.5 Å². The van der Waals surface area contributed by atoms with E-state index in [0.717, 1.165) is 24.9 Å². The van der Waals surface area contributed by atoms with Crippen LogP contribution in [0.5, 0.6) is 0 Å². The molecule has 5 N–H and O–H groups in total. The lowest BCUT2D eigenvalue weighted by Gasteiger charge is -2.22. The Labute approximate surface area is 171 Å². The molecule has 1 aliphatic heterocycles. The SMILES string of the molecule is Cl.Cl.NC(=O)C1CCCN1Cc1cccc(NC(=O)c2cccc(N)c2)c1. The quantitative estimate of drug-likeness (QED) is 0.659. The second kappa shape index (κ2) is 10.2. The van der Waals surface area contributed by atoms with Crippen LogP contribution < -0.4 is 16.8 Å². The third-order valence-electron chi connectivity index (χ3n) is 4.41. The van der Waals surface area contributed by atoms with Gasteiger partial charge in [-0.2, -0.15) is 0 Å². The minimum absolute atomic E-state index is 0. The second-order valence-corrected chi connectivity index (χ2v) is 6.31. The lowest BCUT2D eigenvalue weighted by atomic mass is 10.1. The fourth-order valence-electron chi connectivity index (χ4n) is 3.20. The first kappa shape index (κ1) is 22.8. The molecule has 1 unspecified atom stereocenters. The molecule has 0 spiro atoms. The van der Waals surface area contributed by atoms with E-state index < -0.39 is 0 Å². The number of carbonyl (C=O) groups is 2. The summed E-state index contributed by atoms with van der Waals surface area (Å²) in [5.41, 5.74) is 14.0. The molecular formula is C19H24Cl2N4O2. The molecule has 1 fully saturated rings. The summed E-state index contributed by atoms with van der Waals surface area (Å²) in [4.78, 5) is 25.9. The molecule has 6 nitrogen and oxygen atoms in total. The van der Waals surface area contributed by atoms with Crippen LogP contribution in [0, 0.1) is 0 Å². The maximum Gasteiger partial charge on any atom is 0.255 e. The number of carbonyl (C=O) groups excluding carboxylic acids is 2. The molecule has 2 aromatic rings. The topological polar surface area (TPSA) is 101 Å². The number of rotatable bonds is 5. The highest BCUT2D eigenvalue weighted by Crippen LogP contribution is 2.21. The number of primary amides is 1. The highest BCUT2D eigenvalue weighted by atomic mass is 35.5. The van der Waals surface area contributed by atoms with Gasteiger partial charge in [0.05, 0.1) is 6.04 Å². The molecule has 1 atom stereocenters. The summed E-state index contributed by atoms with van der Waals surface area (Å²) in [5.74, 6) is -0.482. The smallest absolute Gasteiger partial charge is 0.255 e. The predicted molar refractivity (Wildman–Crippen MR) is 112 cm³/mol. The van der Waals surface area contributed by atoms with Crippen LogP contribution in [0.2, 0.25) is 0 Å². The third-order valence-corrected chi connectivity index (χ3v) is 4.41.